The molecule has 0 fully saturated rings. The molecule has 0 bridgehead atoms. The van der Waals surface area contributed by atoms with Gasteiger partial charge in [0.25, 0.3) is 5.56 Å². The Kier molecular flexibility index (Phi) is 4.83. The van der Waals surface area contributed by atoms with E-state index in [-0.39, 0.29) is 5.56 Å². The van der Waals surface area contributed by atoms with E-state index in [2.05, 4.69) is 27.4 Å². The Morgan fingerprint density at radius 2 is 2.20 bits per heavy atom. The molecular weight excluding hydrogens is 258 g/mol. The van der Waals surface area contributed by atoms with Crippen molar-refractivity contribution >= 4 is 5.69 Å². The largest absolute Gasteiger partial charge is 0.382 e. The Labute approximate surface area is 116 Å². The first kappa shape index (κ1) is 14.2. The molecule has 20 heavy (non-hydrogen) atoms. The van der Waals surface area contributed by atoms with Gasteiger partial charge in [-0.3, -0.25) is 4.79 Å². The maximum atomic E-state index is 12.0. The second-order valence-corrected chi connectivity index (χ2v) is 4.35. The molecule has 0 aliphatic carbocycles. The van der Waals surface area contributed by atoms with E-state index in [0.717, 1.165) is 18.8 Å². The van der Waals surface area contributed by atoms with Crippen LogP contribution in [0.1, 0.15) is 19.2 Å². The van der Waals surface area contributed by atoms with Gasteiger partial charge in [-0.25, -0.2) is 14.3 Å². The quantitative estimate of drug-likeness (QED) is 0.718. The molecule has 2 aromatic rings. The molecule has 0 amide bonds. The van der Waals surface area contributed by atoms with Gasteiger partial charge in [-0.15, -0.1) is 0 Å². The molecule has 0 saturated carbocycles. The molecule has 0 spiro atoms. The van der Waals surface area contributed by atoms with Crippen molar-refractivity contribution in [1.29, 1.82) is 0 Å². The molecule has 0 atom stereocenters. The van der Waals surface area contributed by atoms with Gasteiger partial charge in [-0.2, -0.15) is 10.2 Å². The van der Waals surface area contributed by atoms with Crippen LogP contribution in [-0.2, 0) is 13.1 Å². The lowest BCUT2D eigenvalue weighted by Gasteiger charge is -2.08. The zero-order valence-electron chi connectivity index (χ0n) is 11.5. The summed E-state index contributed by atoms with van der Waals surface area (Å²) in [6.07, 6.45) is 4.06. The summed E-state index contributed by atoms with van der Waals surface area (Å²) >= 11 is 0. The predicted octanol–water partition coefficient (Wildman–Crippen LogP) is -0.336. The van der Waals surface area contributed by atoms with Crippen LogP contribution < -0.4 is 16.6 Å². The van der Waals surface area contributed by atoms with Gasteiger partial charge in [0.1, 0.15) is 18.7 Å². The van der Waals surface area contributed by atoms with Crippen molar-refractivity contribution in [3.63, 3.8) is 0 Å². The summed E-state index contributed by atoms with van der Waals surface area (Å²) in [7, 11) is 0. The minimum absolute atomic E-state index is 0.182. The summed E-state index contributed by atoms with van der Waals surface area (Å²) in [5.74, 6) is 0.726. The fourth-order valence-corrected chi connectivity index (χ4v) is 1.81. The summed E-state index contributed by atoms with van der Waals surface area (Å²) in [6, 6.07) is 1.50. The van der Waals surface area contributed by atoms with Gasteiger partial charge in [0.15, 0.2) is 0 Å². The average Bonchev–Trinajstić information content (AvgIpc) is 2.87. The molecule has 2 rings (SSSR count). The number of nitrogens with two attached hydrogens (primary N) is 1. The molecule has 0 saturated heterocycles. The molecule has 3 N–H and O–H groups in total. The first-order valence-corrected chi connectivity index (χ1v) is 6.62. The van der Waals surface area contributed by atoms with Gasteiger partial charge in [-0.05, 0) is 6.42 Å². The summed E-state index contributed by atoms with van der Waals surface area (Å²) in [5, 5.41) is 11.3. The molecule has 0 unspecified atom stereocenters. The second-order valence-electron chi connectivity index (χ2n) is 4.35. The number of nitrogens with one attached hydrogen (secondary N) is 1. The molecule has 2 heterocycles. The van der Waals surface area contributed by atoms with E-state index in [1.165, 1.54) is 17.1 Å². The number of nitrogens with zero attached hydrogens (tertiary/aromatic N) is 5. The highest BCUT2D eigenvalue weighted by Gasteiger charge is 2.07. The number of anilines is 1. The predicted molar refractivity (Wildman–Crippen MR) is 75.5 cm³/mol. The monoisotopic (exact) mass is 277 g/mol. The molecule has 8 nitrogen and oxygen atoms in total. The van der Waals surface area contributed by atoms with Gasteiger partial charge in [0, 0.05) is 25.7 Å². The highest BCUT2D eigenvalue weighted by Crippen LogP contribution is 2.01. The van der Waals surface area contributed by atoms with Crippen molar-refractivity contribution in [2.24, 2.45) is 5.73 Å². The van der Waals surface area contributed by atoms with Crippen LogP contribution in [0.2, 0.25) is 0 Å². The second kappa shape index (κ2) is 6.80. The number of aryl methyl sites for hydroxylation is 1. The Balaban J connectivity index is 2.13. The van der Waals surface area contributed by atoms with Crippen LogP contribution in [0.4, 0.5) is 5.69 Å². The average molecular weight is 277 g/mol. The summed E-state index contributed by atoms with van der Waals surface area (Å²) in [6.45, 7) is 4.27. The van der Waals surface area contributed by atoms with Gasteiger partial charge in [0.2, 0.25) is 0 Å². The number of hydrogen-bond donors (Lipinski definition) is 2. The third-order valence-electron chi connectivity index (χ3n) is 2.77. The molecule has 108 valence electrons. The number of aromatic nitrogens is 5. The zero-order chi connectivity index (χ0) is 14.4. The lowest BCUT2D eigenvalue weighted by Crippen LogP contribution is -2.25. The topological polar surface area (TPSA) is 104 Å². The Bertz CT molecular complexity index is 604. The van der Waals surface area contributed by atoms with Crippen LogP contribution in [0.15, 0.2) is 23.4 Å². The maximum absolute atomic E-state index is 12.0. The number of hydrogen-bond acceptors (Lipinski definition) is 6. The molecule has 0 aliphatic heterocycles. The minimum atomic E-state index is -0.182. The lowest BCUT2D eigenvalue weighted by molar-refractivity contribution is 0.528. The van der Waals surface area contributed by atoms with Gasteiger partial charge < -0.3 is 11.1 Å². The fraction of sp³-hybridized carbons (Fsp3) is 0.500. The van der Waals surface area contributed by atoms with E-state index in [0.29, 0.717) is 25.3 Å². The van der Waals surface area contributed by atoms with Crippen molar-refractivity contribution in [1.82, 2.24) is 24.5 Å². The van der Waals surface area contributed by atoms with E-state index >= 15 is 0 Å². The van der Waals surface area contributed by atoms with Crippen LogP contribution >= 0.6 is 0 Å². The van der Waals surface area contributed by atoms with Crippen LogP contribution in [0, 0.1) is 0 Å². The summed E-state index contributed by atoms with van der Waals surface area (Å²) in [5.41, 5.74) is 5.89. The minimum Gasteiger partial charge on any atom is -0.382 e. The normalized spacial score (nSPS) is 10.7. The van der Waals surface area contributed by atoms with Crippen molar-refractivity contribution in [3.05, 3.63) is 34.8 Å². The van der Waals surface area contributed by atoms with Gasteiger partial charge in [-0.1, -0.05) is 6.92 Å². The number of rotatable bonds is 7. The fourth-order valence-electron chi connectivity index (χ4n) is 1.81. The molecule has 0 aromatic carbocycles. The smallest absolute Gasteiger partial charge is 0.269 e. The van der Waals surface area contributed by atoms with Crippen molar-refractivity contribution in [3.8, 4) is 0 Å². The first-order valence-electron chi connectivity index (χ1n) is 6.62. The standard InChI is InChI=1S/C12H19N7O/c1-2-5-18-11(15-9-17-18)8-19-12(20)6-10(7-16-19)14-4-3-13/h6-7,9,14H,2-5,8,13H2,1H3. The molecule has 2 aromatic heterocycles. The first-order chi connectivity index (χ1) is 9.74. The van der Waals surface area contributed by atoms with Crippen LogP contribution in [0.5, 0.6) is 0 Å². The van der Waals surface area contributed by atoms with Crippen LogP contribution in [0.3, 0.4) is 0 Å². The zero-order valence-corrected chi connectivity index (χ0v) is 11.5. The van der Waals surface area contributed by atoms with E-state index in [1.807, 2.05) is 0 Å². The Hall–Kier alpha value is -2.22. The van der Waals surface area contributed by atoms with E-state index in [9.17, 15) is 4.79 Å². The summed E-state index contributed by atoms with van der Waals surface area (Å²) < 4.78 is 3.15. The SMILES string of the molecule is CCCn1ncnc1Cn1ncc(NCCN)cc1=O. The van der Waals surface area contributed by atoms with Crippen molar-refractivity contribution < 1.29 is 0 Å². The van der Waals surface area contributed by atoms with E-state index < -0.39 is 0 Å². The molecular formula is C12H19N7O. The highest BCUT2D eigenvalue weighted by molar-refractivity contribution is 5.38. The van der Waals surface area contributed by atoms with Gasteiger partial charge in [0.05, 0.1) is 11.9 Å². The Morgan fingerprint density at radius 1 is 1.35 bits per heavy atom. The molecule has 0 radical (unpaired) electrons. The summed E-state index contributed by atoms with van der Waals surface area (Å²) in [4.78, 5) is 16.1. The maximum Gasteiger partial charge on any atom is 0.269 e. The van der Waals surface area contributed by atoms with Crippen LogP contribution in [-0.4, -0.2) is 37.6 Å². The lowest BCUT2D eigenvalue weighted by atomic mass is 10.4. The molecule has 0 aliphatic rings. The molecule has 8 heteroatoms. The Morgan fingerprint density at radius 3 is 2.90 bits per heavy atom. The van der Waals surface area contributed by atoms with Crippen molar-refractivity contribution in [2.75, 3.05) is 18.4 Å². The third-order valence-corrected chi connectivity index (χ3v) is 2.77. The van der Waals surface area contributed by atoms with Crippen LogP contribution in [0.25, 0.3) is 0 Å². The van der Waals surface area contributed by atoms with E-state index in [4.69, 9.17) is 5.73 Å². The van der Waals surface area contributed by atoms with Crippen molar-refractivity contribution in [2.45, 2.75) is 26.4 Å². The van der Waals surface area contributed by atoms with E-state index in [1.54, 1.807) is 10.9 Å². The highest BCUT2D eigenvalue weighted by atomic mass is 16.1. The third kappa shape index (κ3) is 3.41. The van der Waals surface area contributed by atoms with Gasteiger partial charge >= 0.3 is 0 Å².